The molecule has 1 N–H and O–H groups in total. The van der Waals surface area contributed by atoms with Crippen LogP contribution in [0.2, 0.25) is 0 Å². The molecule has 0 aromatic carbocycles. The maximum Gasteiger partial charge on any atom is 0.337 e. The van der Waals surface area contributed by atoms with E-state index in [0.29, 0.717) is 12.0 Å². The lowest BCUT2D eigenvalue weighted by Crippen LogP contribution is -2.28. The molecular formula is C8H9BrO4. The van der Waals surface area contributed by atoms with Crippen molar-refractivity contribution in [2.24, 2.45) is 0 Å². The lowest BCUT2D eigenvalue weighted by Gasteiger charge is -2.15. The lowest BCUT2D eigenvalue weighted by molar-refractivity contribution is -0.137. The van der Waals surface area contributed by atoms with Crippen molar-refractivity contribution in [3.8, 4) is 0 Å². The van der Waals surface area contributed by atoms with Crippen LogP contribution >= 0.6 is 15.9 Å². The van der Waals surface area contributed by atoms with Gasteiger partial charge in [0, 0.05) is 10.9 Å². The van der Waals surface area contributed by atoms with E-state index in [1.54, 1.807) is 0 Å². The third kappa shape index (κ3) is 1.22. The standard InChI is InChI=1S/C8H9BrO4/c1-12-8(11)5-6(9)4-2-3(10)7(5)13-4/h3-4,7,10H,2H2,1H3/t3-,4+,7-/m1/s1. The predicted octanol–water partition coefficient (Wildman–Crippen LogP) is 0.340. The fraction of sp³-hybridized carbons (Fsp3) is 0.625. The molecule has 0 radical (unpaired) electrons. The van der Waals surface area contributed by atoms with E-state index in [4.69, 9.17) is 4.74 Å². The van der Waals surface area contributed by atoms with Crippen LogP contribution in [0.1, 0.15) is 6.42 Å². The van der Waals surface area contributed by atoms with Crippen LogP contribution in [0, 0.1) is 0 Å². The van der Waals surface area contributed by atoms with Gasteiger partial charge in [-0.25, -0.2) is 4.79 Å². The molecule has 5 heteroatoms. The van der Waals surface area contributed by atoms with E-state index in [0.717, 1.165) is 4.48 Å². The van der Waals surface area contributed by atoms with Gasteiger partial charge in [0.15, 0.2) is 0 Å². The molecule has 2 aliphatic heterocycles. The van der Waals surface area contributed by atoms with Crippen molar-refractivity contribution in [1.29, 1.82) is 0 Å². The molecule has 2 heterocycles. The Labute approximate surface area is 83.6 Å². The minimum Gasteiger partial charge on any atom is -0.466 e. The predicted molar refractivity (Wildman–Crippen MR) is 47.3 cm³/mol. The van der Waals surface area contributed by atoms with Crippen LogP contribution in [-0.4, -0.2) is 36.5 Å². The third-order valence-electron chi connectivity index (χ3n) is 2.35. The van der Waals surface area contributed by atoms with Crippen molar-refractivity contribution in [2.75, 3.05) is 7.11 Å². The minimum atomic E-state index is -0.583. The summed E-state index contributed by atoms with van der Waals surface area (Å²) in [6.45, 7) is 0. The third-order valence-corrected chi connectivity index (χ3v) is 3.28. The Morgan fingerprint density at radius 3 is 3.00 bits per heavy atom. The van der Waals surface area contributed by atoms with E-state index in [1.165, 1.54) is 7.11 Å². The van der Waals surface area contributed by atoms with Crippen LogP contribution < -0.4 is 0 Å². The summed E-state index contributed by atoms with van der Waals surface area (Å²) in [7, 11) is 1.31. The average molecular weight is 249 g/mol. The highest BCUT2D eigenvalue weighted by atomic mass is 79.9. The van der Waals surface area contributed by atoms with E-state index in [1.807, 2.05) is 0 Å². The largest absolute Gasteiger partial charge is 0.466 e. The van der Waals surface area contributed by atoms with Gasteiger partial charge in [-0.2, -0.15) is 0 Å². The van der Waals surface area contributed by atoms with Crippen LogP contribution in [0.15, 0.2) is 10.1 Å². The maximum absolute atomic E-state index is 11.3. The number of rotatable bonds is 1. The lowest BCUT2D eigenvalue weighted by atomic mass is 9.97. The zero-order valence-electron chi connectivity index (χ0n) is 6.99. The number of carbonyl (C=O) groups is 1. The highest BCUT2D eigenvalue weighted by Crippen LogP contribution is 2.42. The second kappa shape index (κ2) is 3.08. The molecule has 0 aromatic rings. The molecule has 4 nitrogen and oxygen atoms in total. The molecular weight excluding hydrogens is 240 g/mol. The zero-order chi connectivity index (χ0) is 9.59. The molecule has 2 bridgehead atoms. The Morgan fingerprint density at radius 2 is 2.46 bits per heavy atom. The molecule has 1 saturated heterocycles. The molecule has 0 aliphatic carbocycles. The van der Waals surface area contributed by atoms with Crippen molar-refractivity contribution in [3.05, 3.63) is 10.1 Å². The molecule has 0 amide bonds. The minimum absolute atomic E-state index is 0.172. The molecule has 2 aliphatic rings. The zero-order valence-corrected chi connectivity index (χ0v) is 8.58. The maximum atomic E-state index is 11.3. The molecule has 0 aromatic heterocycles. The number of hydrogen-bond donors (Lipinski definition) is 1. The number of ether oxygens (including phenoxy) is 2. The number of fused-ring (bicyclic) bond motifs is 2. The fourth-order valence-corrected chi connectivity index (χ4v) is 2.41. The summed E-state index contributed by atoms with van der Waals surface area (Å²) < 4.78 is 10.7. The second-order valence-corrected chi connectivity index (χ2v) is 3.96. The van der Waals surface area contributed by atoms with Crippen molar-refractivity contribution in [1.82, 2.24) is 0 Å². The van der Waals surface area contributed by atoms with Gasteiger partial charge in [-0.3, -0.25) is 0 Å². The Bertz CT molecular complexity index is 286. The van der Waals surface area contributed by atoms with E-state index >= 15 is 0 Å². The van der Waals surface area contributed by atoms with Gasteiger partial charge in [0.1, 0.15) is 6.10 Å². The van der Waals surface area contributed by atoms with Crippen LogP contribution in [0.3, 0.4) is 0 Å². The Morgan fingerprint density at radius 1 is 1.77 bits per heavy atom. The fourth-order valence-electron chi connectivity index (χ4n) is 1.72. The molecule has 2 rings (SSSR count). The highest BCUT2D eigenvalue weighted by Gasteiger charge is 2.48. The smallest absolute Gasteiger partial charge is 0.337 e. The first-order valence-electron chi connectivity index (χ1n) is 3.96. The Balaban J connectivity index is 2.32. The average Bonchev–Trinajstić information content (AvgIpc) is 2.60. The van der Waals surface area contributed by atoms with Crippen molar-refractivity contribution in [3.63, 3.8) is 0 Å². The van der Waals surface area contributed by atoms with E-state index < -0.39 is 18.2 Å². The summed E-state index contributed by atoms with van der Waals surface area (Å²) in [5.74, 6) is -0.432. The van der Waals surface area contributed by atoms with Gasteiger partial charge in [-0.15, -0.1) is 0 Å². The van der Waals surface area contributed by atoms with E-state index in [9.17, 15) is 9.90 Å². The molecule has 1 fully saturated rings. The van der Waals surface area contributed by atoms with Crippen LogP contribution in [0.4, 0.5) is 0 Å². The summed E-state index contributed by atoms with van der Waals surface area (Å²) in [5.41, 5.74) is 0.422. The van der Waals surface area contributed by atoms with E-state index in [-0.39, 0.29) is 6.10 Å². The number of aliphatic hydroxyl groups is 1. The Kier molecular flexibility index (Phi) is 2.17. The number of carbonyl (C=O) groups excluding carboxylic acids is 1. The van der Waals surface area contributed by atoms with Crippen molar-refractivity contribution in [2.45, 2.75) is 24.7 Å². The second-order valence-electron chi connectivity index (χ2n) is 3.10. The molecule has 72 valence electrons. The van der Waals surface area contributed by atoms with Gasteiger partial charge >= 0.3 is 5.97 Å². The van der Waals surface area contributed by atoms with Crippen LogP contribution in [0.5, 0.6) is 0 Å². The summed E-state index contributed by atoms with van der Waals surface area (Å²) >= 11 is 3.27. The number of methoxy groups -OCH3 is 1. The summed E-state index contributed by atoms with van der Waals surface area (Å²) in [6.07, 6.45) is -0.715. The quantitative estimate of drug-likeness (QED) is 0.681. The number of esters is 1. The van der Waals surface area contributed by atoms with Crippen molar-refractivity contribution < 1.29 is 19.4 Å². The monoisotopic (exact) mass is 248 g/mol. The van der Waals surface area contributed by atoms with Gasteiger partial charge in [-0.1, -0.05) is 15.9 Å². The molecule has 0 spiro atoms. The first-order chi connectivity index (χ1) is 6.15. The van der Waals surface area contributed by atoms with E-state index in [2.05, 4.69) is 20.7 Å². The van der Waals surface area contributed by atoms with Gasteiger partial charge in [-0.05, 0) is 0 Å². The SMILES string of the molecule is COC(=O)C1=C(Br)[C@@H]2C[C@@H](O)[C@H]1O2. The van der Waals surface area contributed by atoms with Gasteiger partial charge in [0.05, 0.1) is 24.9 Å². The highest BCUT2D eigenvalue weighted by molar-refractivity contribution is 9.11. The van der Waals surface area contributed by atoms with Gasteiger partial charge in [0.2, 0.25) is 0 Å². The first kappa shape index (κ1) is 9.18. The van der Waals surface area contributed by atoms with Crippen molar-refractivity contribution >= 4 is 21.9 Å². The number of aliphatic hydroxyl groups excluding tert-OH is 1. The topological polar surface area (TPSA) is 55.8 Å². The molecule has 0 saturated carbocycles. The van der Waals surface area contributed by atoms with Gasteiger partial charge < -0.3 is 14.6 Å². The summed E-state index contributed by atoms with van der Waals surface area (Å²) in [5, 5.41) is 9.46. The Hall–Kier alpha value is -0.390. The summed E-state index contributed by atoms with van der Waals surface area (Å²) in [4.78, 5) is 11.3. The van der Waals surface area contributed by atoms with Crippen LogP contribution in [0.25, 0.3) is 0 Å². The summed E-state index contributed by atoms with van der Waals surface area (Å²) in [6, 6.07) is 0. The van der Waals surface area contributed by atoms with Gasteiger partial charge in [0.25, 0.3) is 0 Å². The van der Waals surface area contributed by atoms with Crippen LogP contribution in [-0.2, 0) is 14.3 Å². The molecule has 3 atom stereocenters. The molecule has 0 unspecified atom stereocenters. The number of hydrogen-bond acceptors (Lipinski definition) is 4. The normalized spacial score (nSPS) is 37.0. The number of halogens is 1. The molecule has 13 heavy (non-hydrogen) atoms. The first-order valence-corrected chi connectivity index (χ1v) is 4.76.